The maximum Gasteiger partial charge on any atom is 0.237 e. The van der Waals surface area contributed by atoms with E-state index in [1.165, 1.54) is 0 Å². The first-order valence-corrected chi connectivity index (χ1v) is 9.39. The quantitative estimate of drug-likeness (QED) is 0.708. The number of amides is 1. The van der Waals surface area contributed by atoms with E-state index in [2.05, 4.69) is 22.5 Å². The number of ether oxygens (including phenoxy) is 1. The molecule has 1 spiro atoms. The van der Waals surface area contributed by atoms with E-state index in [4.69, 9.17) is 9.72 Å². The molecule has 1 amide bonds. The molecule has 0 N–H and O–H groups in total. The fourth-order valence-corrected chi connectivity index (χ4v) is 4.54. The van der Waals surface area contributed by atoms with Gasteiger partial charge < -0.3 is 9.64 Å². The third-order valence-corrected chi connectivity index (χ3v) is 6.22. The fraction of sp³-hybridized carbons (Fsp3) is 0.250. The Hall–Kier alpha value is -2.73. The normalized spacial score (nSPS) is 16.8. The highest BCUT2D eigenvalue weighted by Crippen LogP contribution is 2.57. The average molecular weight is 363 g/mol. The molecule has 0 unspecified atom stereocenters. The van der Waals surface area contributed by atoms with Gasteiger partial charge in [-0.1, -0.05) is 6.07 Å². The van der Waals surface area contributed by atoms with Gasteiger partial charge in [-0.15, -0.1) is 11.3 Å². The SMILES string of the molecule is COc1cc(-c2nc(-c3ccc4c(c3)C3(CC3)C(=O)N4C)cs2)ccn1. The van der Waals surface area contributed by atoms with Crippen LogP contribution >= 0.6 is 11.3 Å². The lowest BCUT2D eigenvalue weighted by Crippen LogP contribution is -2.27. The van der Waals surface area contributed by atoms with Crippen LogP contribution in [-0.2, 0) is 10.2 Å². The van der Waals surface area contributed by atoms with Crippen molar-refractivity contribution in [2.45, 2.75) is 18.3 Å². The minimum Gasteiger partial charge on any atom is -0.481 e. The highest BCUT2D eigenvalue weighted by Gasteiger charge is 2.58. The van der Waals surface area contributed by atoms with E-state index in [0.717, 1.165) is 45.9 Å². The summed E-state index contributed by atoms with van der Waals surface area (Å²) in [4.78, 5) is 23.3. The lowest BCUT2D eigenvalue weighted by Gasteiger charge is -2.09. The Morgan fingerprint density at radius 2 is 2.04 bits per heavy atom. The van der Waals surface area contributed by atoms with Crippen LogP contribution in [0.5, 0.6) is 5.88 Å². The van der Waals surface area contributed by atoms with Crippen molar-refractivity contribution in [2.24, 2.45) is 0 Å². The van der Waals surface area contributed by atoms with Gasteiger partial charge in [0.15, 0.2) is 0 Å². The van der Waals surface area contributed by atoms with Crippen LogP contribution in [0.4, 0.5) is 5.69 Å². The number of thiazole rings is 1. The third kappa shape index (κ3) is 2.12. The average Bonchev–Trinajstić information content (AvgIpc) is 3.30. The molecule has 1 saturated carbocycles. The number of aromatic nitrogens is 2. The summed E-state index contributed by atoms with van der Waals surface area (Å²) < 4.78 is 5.20. The number of methoxy groups -OCH3 is 1. The molecule has 1 fully saturated rings. The molecular weight excluding hydrogens is 346 g/mol. The monoisotopic (exact) mass is 363 g/mol. The summed E-state index contributed by atoms with van der Waals surface area (Å²) in [5.41, 5.74) is 4.90. The maximum atomic E-state index is 12.5. The first kappa shape index (κ1) is 15.5. The number of hydrogen-bond donors (Lipinski definition) is 0. The van der Waals surface area contributed by atoms with Crippen molar-refractivity contribution in [3.05, 3.63) is 47.5 Å². The molecule has 1 aromatic carbocycles. The van der Waals surface area contributed by atoms with E-state index in [0.29, 0.717) is 5.88 Å². The van der Waals surface area contributed by atoms with Gasteiger partial charge in [-0.3, -0.25) is 4.79 Å². The van der Waals surface area contributed by atoms with Gasteiger partial charge in [-0.2, -0.15) is 0 Å². The zero-order valence-corrected chi connectivity index (χ0v) is 15.3. The number of carbonyl (C=O) groups excluding carboxylic acids is 1. The second-order valence-electron chi connectivity index (χ2n) is 6.80. The first-order chi connectivity index (χ1) is 12.6. The van der Waals surface area contributed by atoms with Gasteiger partial charge in [0.25, 0.3) is 0 Å². The fourth-order valence-electron chi connectivity index (χ4n) is 3.72. The smallest absolute Gasteiger partial charge is 0.237 e. The summed E-state index contributed by atoms with van der Waals surface area (Å²) in [5, 5.41) is 2.99. The molecule has 26 heavy (non-hydrogen) atoms. The predicted molar refractivity (Wildman–Crippen MR) is 102 cm³/mol. The van der Waals surface area contributed by atoms with Crippen molar-refractivity contribution in [2.75, 3.05) is 19.1 Å². The van der Waals surface area contributed by atoms with E-state index < -0.39 is 0 Å². The second kappa shape index (κ2) is 5.38. The summed E-state index contributed by atoms with van der Waals surface area (Å²) in [6, 6.07) is 10.1. The van der Waals surface area contributed by atoms with Gasteiger partial charge >= 0.3 is 0 Å². The molecule has 2 aromatic heterocycles. The number of pyridine rings is 1. The van der Waals surface area contributed by atoms with Crippen LogP contribution in [0.3, 0.4) is 0 Å². The molecule has 0 bridgehead atoms. The standard InChI is InChI=1S/C20H17N3O2S/c1-23-16-4-3-12(9-14(16)20(6-7-20)19(23)24)15-11-26-18(22-15)13-5-8-21-17(10-13)25-2/h3-5,8-11H,6-7H2,1-2H3. The number of likely N-dealkylation sites (N-methyl/N-ethyl adjacent to an activating group) is 1. The van der Waals surface area contributed by atoms with Gasteiger partial charge in [0.1, 0.15) is 5.01 Å². The molecule has 0 atom stereocenters. The highest BCUT2D eigenvalue weighted by atomic mass is 32.1. The van der Waals surface area contributed by atoms with Crippen molar-refractivity contribution in [3.63, 3.8) is 0 Å². The molecule has 0 radical (unpaired) electrons. The van der Waals surface area contributed by atoms with Crippen molar-refractivity contribution in [1.82, 2.24) is 9.97 Å². The van der Waals surface area contributed by atoms with Crippen molar-refractivity contribution < 1.29 is 9.53 Å². The summed E-state index contributed by atoms with van der Waals surface area (Å²) >= 11 is 1.59. The number of nitrogens with zero attached hydrogens (tertiary/aromatic N) is 3. The van der Waals surface area contributed by atoms with Crippen LogP contribution in [0.2, 0.25) is 0 Å². The van der Waals surface area contributed by atoms with E-state index >= 15 is 0 Å². The van der Waals surface area contributed by atoms with Gasteiger partial charge in [0.05, 0.1) is 18.2 Å². The Labute approximate surface area is 155 Å². The van der Waals surface area contributed by atoms with Gasteiger partial charge in [-0.25, -0.2) is 9.97 Å². The number of carbonyl (C=O) groups is 1. The third-order valence-electron chi connectivity index (χ3n) is 5.33. The lowest BCUT2D eigenvalue weighted by atomic mass is 9.95. The number of anilines is 1. The Balaban J connectivity index is 1.54. The highest BCUT2D eigenvalue weighted by molar-refractivity contribution is 7.13. The number of fused-ring (bicyclic) bond motifs is 2. The Bertz CT molecular complexity index is 1040. The molecule has 3 heterocycles. The summed E-state index contributed by atoms with van der Waals surface area (Å²) in [6.07, 6.45) is 3.63. The van der Waals surface area contributed by atoms with E-state index in [1.54, 1.807) is 29.5 Å². The summed E-state index contributed by atoms with van der Waals surface area (Å²) in [5.74, 6) is 0.807. The Morgan fingerprint density at radius 3 is 2.81 bits per heavy atom. The van der Waals surface area contributed by atoms with Crippen LogP contribution in [0.1, 0.15) is 18.4 Å². The van der Waals surface area contributed by atoms with Crippen molar-refractivity contribution in [3.8, 4) is 27.7 Å². The van der Waals surface area contributed by atoms with Crippen LogP contribution in [-0.4, -0.2) is 30.0 Å². The van der Waals surface area contributed by atoms with Crippen LogP contribution in [0.15, 0.2) is 41.9 Å². The first-order valence-electron chi connectivity index (χ1n) is 8.51. The zero-order valence-electron chi connectivity index (χ0n) is 14.5. The molecule has 1 aliphatic heterocycles. The molecule has 6 heteroatoms. The molecular formula is C20H17N3O2S. The molecule has 0 saturated heterocycles. The second-order valence-corrected chi connectivity index (χ2v) is 7.66. The summed E-state index contributed by atoms with van der Waals surface area (Å²) in [7, 11) is 3.47. The number of benzene rings is 1. The Kier molecular flexibility index (Phi) is 3.21. The van der Waals surface area contributed by atoms with Crippen molar-refractivity contribution >= 4 is 22.9 Å². The molecule has 3 aromatic rings. The van der Waals surface area contributed by atoms with E-state index in [1.807, 2.05) is 25.2 Å². The Morgan fingerprint density at radius 1 is 1.19 bits per heavy atom. The van der Waals surface area contributed by atoms with Crippen LogP contribution in [0, 0.1) is 0 Å². The minimum absolute atomic E-state index is 0.229. The number of rotatable bonds is 3. The van der Waals surface area contributed by atoms with Crippen LogP contribution < -0.4 is 9.64 Å². The zero-order chi connectivity index (χ0) is 17.9. The lowest BCUT2D eigenvalue weighted by molar-refractivity contribution is -0.119. The molecule has 130 valence electrons. The predicted octanol–water partition coefficient (Wildman–Crippen LogP) is 3.89. The number of hydrogen-bond acceptors (Lipinski definition) is 5. The minimum atomic E-state index is -0.266. The molecule has 1 aliphatic carbocycles. The molecule has 5 rings (SSSR count). The summed E-state index contributed by atoms with van der Waals surface area (Å²) in [6.45, 7) is 0. The van der Waals surface area contributed by atoms with Gasteiger partial charge in [-0.05, 0) is 36.6 Å². The van der Waals surface area contributed by atoms with E-state index in [-0.39, 0.29) is 11.3 Å². The van der Waals surface area contributed by atoms with Crippen molar-refractivity contribution in [1.29, 1.82) is 0 Å². The molecule has 5 nitrogen and oxygen atoms in total. The van der Waals surface area contributed by atoms with E-state index in [9.17, 15) is 4.79 Å². The van der Waals surface area contributed by atoms with Gasteiger partial charge in [0, 0.05) is 41.5 Å². The van der Waals surface area contributed by atoms with Gasteiger partial charge in [0.2, 0.25) is 11.8 Å². The van der Waals surface area contributed by atoms with Crippen LogP contribution in [0.25, 0.3) is 21.8 Å². The maximum absolute atomic E-state index is 12.5. The molecule has 2 aliphatic rings. The topological polar surface area (TPSA) is 55.3 Å². The largest absolute Gasteiger partial charge is 0.481 e.